The van der Waals surface area contributed by atoms with Crippen LogP contribution in [0.15, 0.2) is 0 Å². The molecular formula is C6H9F3O2. The lowest BCUT2D eigenvalue weighted by Gasteiger charge is -2.13. The molecule has 0 aliphatic heterocycles. The molecule has 0 heterocycles. The van der Waals surface area contributed by atoms with E-state index in [0.29, 0.717) is 6.29 Å². The Kier molecular flexibility index (Phi) is 4.10. The first-order valence-corrected chi connectivity index (χ1v) is 3.02. The van der Waals surface area contributed by atoms with Crippen LogP contribution < -0.4 is 0 Å². The highest BCUT2D eigenvalue weighted by Gasteiger charge is 2.31. The molecule has 0 aliphatic rings. The van der Waals surface area contributed by atoms with Crippen molar-refractivity contribution in [2.24, 2.45) is 0 Å². The quantitative estimate of drug-likeness (QED) is 0.598. The molecule has 0 aromatic carbocycles. The van der Waals surface area contributed by atoms with Crippen molar-refractivity contribution in [3.63, 3.8) is 0 Å². The number of hydrogen-bond donors (Lipinski definition) is 0. The van der Waals surface area contributed by atoms with Crippen LogP contribution in [-0.2, 0) is 9.53 Å². The van der Waals surface area contributed by atoms with Crippen molar-refractivity contribution in [2.75, 3.05) is 7.11 Å². The van der Waals surface area contributed by atoms with E-state index < -0.39 is 18.7 Å². The molecule has 0 rings (SSSR count). The first-order chi connectivity index (χ1) is 4.99. The molecule has 0 saturated heterocycles. The zero-order valence-electron chi connectivity index (χ0n) is 6.02. The highest BCUT2D eigenvalue weighted by molar-refractivity contribution is 5.50. The molecule has 0 aromatic heterocycles. The van der Waals surface area contributed by atoms with Gasteiger partial charge in [-0.15, -0.1) is 0 Å². The number of carbonyl (C=O) groups excluding carboxylic acids is 1. The molecule has 0 aliphatic carbocycles. The third kappa shape index (κ3) is 5.84. The minimum Gasteiger partial charge on any atom is -0.381 e. The van der Waals surface area contributed by atoms with E-state index in [0.717, 1.165) is 7.11 Å². The third-order valence-corrected chi connectivity index (χ3v) is 1.15. The Morgan fingerprint density at radius 3 is 2.36 bits per heavy atom. The van der Waals surface area contributed by atoms with Gasteiger partial charge in [-0.05, 0) is 0 Å². The minimum atomic E-state index is -4.26. The first-order valence-electron chi connectivity index (χ1n) is 3.02. The zero-order chi connectivity index (χ0) is 8.91. The fourth-order valence-corrected chi connectivity index (χ4v) is 0.628. The van der Waals surface area contributed by atoms with Crippen LogP contribution in [0.4, 0.5) is 13.2 Å². The van der Waals surface area contributed by atoms with Gasteiger partial charge < -0.3 is 9.53 Å². The molecule has 66 valence electrons. The van der Waals surface area contributed by atoms with Crippen molar-refractivity contribution in [1.29, 1.82) is 0 Å². The molecule has 0 fully saturated rings. The Morgan fingerprint density at radius 2 is 2.09 bits per heavy atom. The van der Waals surface area contributed by atoms with Crippen LogP contribution in [0.2, 0.25) is 0 Å². The van der Waals surface area contributed by atoms with E-state index >= 15 is 0 Å². The summed E-state index contributed by atoms with van der Waals surface area (Å²) >= 11 is 0. The van der Waals surface area contributed by atoms with Gasteiger partial charge >= 0.3 is 6.18 Å². The Hall–Kier alpha value is -0.580. The fraction of sp³-hybridized carbons (Fsp3) is 0.833. The van der Waals surface area contributed by atoms with Crippen molar-refractivity contribution >= 4 is 6.29 Å². The van der Waals surface area contributed by atoms with Crippen LogP contribution in [0.25, 0.3) is 0 Å². The molecule has 0 aromatic rings. The maximum absolute atomic E-state index is 11.6. The SMILES string of the molecule is COC(CC=O)CC(F)(F)F. The van der Waals surface area contributed by atoms with Gasteiger partial charge in [-0.25, -0.2) is 0 Å². The van der Waals surface area contributed by atoms with Gasteiger partial charge in [0.05, 0.1) is 12.5 Å². The highest BCUT2D eigenvalue weighted by Crippen LogP contribution is 2.23. The van der Waals surface area contributed by atoms with Gasteiger partial charge in [0.25, 0.3) is 0 Å². The van der Waals surface area contributed by atoms with Crippen LogP contribution >= 0.6 is 0 Å². The van der Waals surface area contributed by atoms with Gasteiger partial charge in [0.2, 0.25) is 0 Å². The predicted octanol–water partition coefficient (Wildman–Crippen LogP) is 1.54. The maximum atomic E-state index is 11.6. The summed E-state index contributed by atoms with van der Waals surface area (Å²) in [5.74, 6) is 0. The molecule has 11 heavy (non-hydrogen) atoms. The molecule has 0 radical (unpaired) electrons. The van der Waals surface area contributed by atoms with E-state index in [1.807, 2.05) is 0 Å². The molecule has 2 nitrogen and oxygen atoms in total. The summed E-state index contributed by atoms with van der Waals surface area (Å²) in [5.41, 5.74) is 0. The van der Waals surface area contributed by atoms with E-state index in [4.69, 9.17) is 0 Å². The second kappa shape index (κ2) is 4.33. The Bertz CT molecular complexity index is 121. The Morgan fingerprint density at radius 1 is 1.55 bits per heavy atom. The zero-order valence-corrected chi connectivity index (χ0v) is 6.02. The van der Waals surface area contributed by atoms with Crippen LogP contribution in [-0.4, -0.2) is 25.7 Å². The van der Waals surface area contributed by atoms with Crippen molar-refractivity contribution < 1.29 is 22.7 Å². The summed E-state index contributed by atoms with van der Waals surface area (Å²) in [6.07, 6.45) is -6.16. The van der Waals surface area contributed by atoms with Crippen molar-refractivity contribution in [2.45, 2.75) is 25.1 Å². The monoisotopic (exact) mass is 170 g/mol. The van der Waals surface area contributed by atoms with E-state index in [9.17, 15) is 18.0 Å². The molecule has 0 saturated carbocycles. The van der Waals surface area contributed by atoms with Gasteiger partial charge in [-0.3, -0.25) is 0 Å². The number of halogens is 3. The second-order valence-corrected chi connectivity index (χ2v) is 2.08. The summed E-state index contributed by atoms with van der Waals surface area (Å²) in [7, 11) is 1.15. The average molecular weight is 170 g/mol. The van der Waals surface area contributed by atoms with E-state index in [1.54, 1.807) is 0 Å². The summed E-state index contributed by atoms with van der Waals surface area (Å²) in [5, 5.41) is 0. The van der Waals surface area contributed by atoms with Gasteiger partial charge in [0, 0.05) is 13.5 Å². The standard InChI is InChI=1S/C6H9F3O2/c1-11-5(2-3-10)4-6(7,8)9/h3,5H,2,4H2,1H3. The number of aldehydes is 1. The summed E-state index contributed by atoms with van der Waals surface area (Å²) in [4.78, 5) is 9.81. The molecule has 0 bridgehead atoms. The topological polar surface area (TPSA) is 26.3 Å². The Balaban J connectivity index is 3.77. The van der Waals surface area contributed by atoms with E-state index in [1.165, 1.54) is 0 Å². The molecule has 5 heteroatoms. The maximum Gasteiger partial charge on any atom is 0.391 e. The normalized spacial score (nSPS) is 14.5. The van der Waals surface area contributed by atoms with Crippen LogP contribution in [0.5, 0.6) is 0 Å². The van der Waals surface area contributed by atoms with E-state index in [-0.39, 0.29) is 6.42 Å². The van der Waals surface area contributed by atoms with Crippen molar-refractivity contribution in [1.82, 2.24) is 0 Å². The number of hydrogen-bond acceptors (Lipinski definition) is 2. The van der Waals surface area contributed by atoms with Gasteiger partial charge in [0.15, 0.2) is 0 Å². The number of rotatable bonds is 4. The van der Waals surface area contributed by atoms with Crippen molar-refractivity contribution in [3.8, 4) is 0 Å². The average Bonchev–Trinajstić information content (AvgIpc) is 1.84. The molecular weight excluding hydrogens is 161 g/mol. The lowest BCUT2D eigenvalue weighted by atomic mass is 10.2. The Labute approximate surface area is 62.3 Å². The third-order valence-electron chi connectivity index (χ3n) is 1.15. The van der Waals surface area contributed by atoms with Crippen LogP contribution in [0.3, 0.4) is 0 Å². The molecule has 1 unspecified atom stereocenters. The van der Waals surface area contributed by atoms with Crippen LogP contribution in [0.1, 0.15) is 12.8 Å². The summed E-state index contributed by atoms with van der Waals surface area (Å²) in [6.45, 7) is 0. The predicted molar refractivity (Wildman–Crippen MR) is 32.1 cm³/mol. The van der Waals surface area contributed by atoms with Gasteiger partial charge in [-0.2, -0.15) is 13.2 Å². The van der Waals surface area contributed by atoms with Crippen LogP contribution in [0, 0.1) is 0 Å². The molecule has 0 spiro atoms. The highest BCUT2D eigenvalue weighted by atomic mass is 19.4. The van der Waals surface area contributed by atoms with Crippen molar-refractivity contribution in [3.05, 3.63) is 0 Å². The number of carbonyl (C=O) groups is 1. The minimum absolute atomic E-state index is 0.212. The number of ether oxygens (including phenoxy) is 1. The molecule has 0 amide bonds. The lowest BCUT2D eigenvalue weighted by Crippen LogP contribution is -2.21. The van der Waals surface area contributed by atoms with Gasteiger partial charge in [0.1, 0.15) is 6.29 Å². The molecule has 1 atom stereocenters. The first kappa shape index (κ1) is 10.4. The second-order valence-electron chi connectivity index (χ2n) is 2.08. The summed E-state index contributed by atoms with van der Waals surface area (Å²) < 4.78 is 39.3. The smallest absolute Gasteiger partial charge is 0.381 e. The largest absolute Gasteiger partial charge is 0.391 e. The fourth-order valence-electron chi connectivity index (χ4n) is 0.628. The van der Waals surface area contributed by atoms with E-state index in [2.05, 4.69) is 4.74 Å². The lowest BCUT2D eigenvalue weighted by molar-refractivity contribution is -0.158. The number of alkyl halides is 3. The number of methoxy groups -OCH3 is 1. The summed E-state index contributed by atoms with van der Waals surface area (Å²) in [6, 6.07) is 0. The van der Waals surface area contributed by atoms with Gasteiger partial charge in [-0.1, -0.05) is 0 Å². The molecule has 0 N–H and O–H groups in total.